The third-order valence-electron chi connectivity index (χ3n) is 33.2. The van der Waals surface area contributed by atoms with Crippen LogP contribution in [0.1, 0.15) is 224 Å². The number of halogens is 1. The van der Waals surface area contributed by atoms with Crippen LogP contribution in [0.5, 0.6) is 0 Å². The number of benzene rings is 3. The maximum absolute atomic E-state index is 13.7. The van der Waals surface area contributed by atoms with Crippen molar-refractivity contribution < 1.29 is 163 Å². The van der Waals surface area contributed by atoms with E-state index < -0.39 is 16.8 Å². The number of para-hydroxylation sites is 2. The number of aromatic nitrogens is 8. The minimum absolute atomic E-state index is 0. The first-order valence-corrected chi connectivity index (χ1v) is 43.3. The maximum Gasteiger partial charge on any atom is 1.00 e. The number of rotatable bonds is 15. The summed E-state index contributed by atoms with van der Waals surface area (Å²) in [6.45, 7) is 16.3. The van der Waals surface area contributed by atoms with E-state index >= 15 is 0 Å². The number of methoxy groups -OCH3 is 3. The van der Waals surface area contributed by atoms with Crippen LogP contribution in [0.2, 0.25) is 0 Å². The van der Waals surface area contributed by atoms with E-state index in [9.17, 15) is 29.7 Å². The molecule has 12 fully saturated rings. The van der Waals surface area contributed by atoms with Gasteiger partial charge >= 0.3 is 103 Å². The topological polar surface area (TPSA) is 279 Å². The van der Waals surface area contributed by atoms with Crippen LogP contribution in [-0.2, 0) is 51.4 Å². The molecule has 3 aromatic carbocycles. The van der Waals surface area contributed by atoms with Crippen LogP contribution in [0.4, 0.5) is 0 Å². The van der Waals surface area contributed by atoms with Crippen molar-refractivity contribution in [3.63, 3.8) is 0 Å². The molecule has 0 radical (unpaired) electrons. The monoisotopic (exact) mass is 1670 g/mol. The predicted molar refractivity (Wildman–Crippen MR) is 431 cm³/mol. The number of nitrogens with one attached hydrogen (secondary N) is 1. The van der Waals surface area contributed by atoms with Crippen molar-refractivity contribution in [2.45, 2.75) is 252 Å². The second-order valence-electron chi connectivity index (χ2n) is 38.7. The van der Waals surface area contributed by atoms with Crippen LogP contribution >= 0.6 is 15.9 Å². The van der Waals surface area contributed by atoms with Crippen LogP contribution in [-0.4, -0.2) is 143 Å². The summed E-state index contributed by atoms with van der Waals surface area (Å²) in [6.07, 6.45) is 31.6. The van der Waals surface area contributed by atoms with Gasteiger partial charge in [-0.1, -0.05) is 91.8 Å². The van der Waals surface area contributed by atoms with Crippen LogP contribution in [0, 0.1) is 121 Å². The molecule has 3 aromatic heterocycles. The van der Waals surface area contributed by atoms with E-state index in [1.54, 1.807) is 9.48 Å². The molecule has 23 heteroatoms. The fraction of sp³-hybridized carbons (Fsp3) is 0.744. The van der Waals surface area contributed by atoms with Crippen LogP contribution in [0.25, 0.3) is 33.0 Å². The molecule has 12 saturated carbocycles. The number of alkyl halides is 1. The first-order valence-electron chi connectivity index (χ1n) is 42.2. The number of H-pyrrole nitrogens is 1. The number of hydrogen-bond donors (Lipinski definition) is 4. The van der Waals surface area contributed by atoms with Crippen molar-refractivity contribution in [2.24, 2.45) is 121 Å². The Hall–Kier alpha value is -2.12. The summed E-state index contributed by atoms with van der Waals surface area (Å²) in [7, 11) is 5.56. The van der Waals surface area contributed by atoms with Gasteiger partial charge in [0.15, 0.2) is 11.6 Å². The van der Waals surface area contributed by atoms with E-state index in [1.807, 2.05) is 121 Å². The van der Waals surface area contributed by atoms with Crippen LogP contribution in [0.3, 0.4) is 0 Å². The third-order valence-corrected chi connectivity index (χ3v) is 33.8. The molecule has 12 aliphatic rings. The van der Waals surface area contributed by atoms with Crippen molar-refractivity contribution in [1.82, 2.24) is 40.2 Å². The van der Waals surface area contributed by atoms with Gasteiger partial charge in [0.05, 0.1) is 59.2 Å². The van der Waals surface area contributed by atoms with Crippen LogP contribution < -0.4 is 108 Å². The summed E-state index contributed by atoms with van der Waals surface area (Å²) in [5.41, 5.74) is 4.02. The summed E-state index contributed by atoms with van der Waals surface area (Å²) in [5.74, 6) is 9.25. The molecule has 0 unspecified atom stereocenters. The Morgan fingerprint density at radius 3 is 1.29 bits per heavy atom. The number of ketones is 3. The summed E-state index contributed by atoms with van der Waals surface area (Å²) in [6, 6.07) is 23.7. The van der Waals surface area contributed by atoms with E-state index in [1.165, 1.54) is 70.6 Å². The van der Waals surface area contributed by atoms with Crippen molar-refractivity contribution in [1.29, 1.82) is 0 Å². The minimum Gasteiger partial charge on any atom is -1.00 e. The van der Waals surface area contributed by atoms with Gasteiger partial charge in [0.1, 0.15) is 35.4 Å². The van der Waals surface area contributed by atoms with Gasteiger partial charge in [0, 0.05) is 44.5 Å². The molecule has 612 valence electrons. The maximum atomic E-state index is 13.7. The van der Waals surface area contributed by atoms with Crippen LogP contribution in [0.15, 0.2) is 79.0 Å². The standard InChI is InChI=1S/2C29H41N3O3.C23H37BrO3.C7H6N2.CH2O3.CH4.2K.H/c1-27(34)14-15-29(18-35-3)19(16-27)8-9-20-21-10-11-23(28(21,2)13-12-22(20)29)26(33)17-32-25-7-5-4-6-24(25)30-31-32;1-27(34)14-15-29(18-35-3)19(16-27)8-9-20-21-10-11-23(28(21,2)13-12-22(20)29)26(33)17-32-30-24-6-4-5-7-25(24)31-32;1-21(26)10-11-23(14-27-3)15(12-21)4-5-16-17-6-7-19(20(25)13-24)22(17,2)9-8-18(16)23;1-2-4-7-6(3-1)5-8-9-7;2-1-4-3;;;;/h2*4-7,19-23,34H,8-18H2,1-3H3;15-19,26H,4-14H2,1-3H3;1-5H,(H,8,9);1,3H;1H4;;;/q;;;;;;2*+1;-1/p-1/t2*19-,20+,21+,22+,23-,27-,28+,29-;15-,16+,17+,18+,19-,21-,22+,23-;;;;;;/m111....../s1. The average molecular weight is 1680 g/mol. The van der Waals surface area contributed by atoms with Gasteiger partial charge in [0.25, 0.3) is 6.47 Å². The molecule has 0 spiro atoms. The largest absolute Gasteiger partial charge is 1.00 e. The summed E-state index contributed by atoms with van der Waals surface area (Å²) >= 11 is 3.43. The molecule has 12 aliphatic carbocycles. The second kappa shape index (κ2) is 37.3. The molecule has 0 saturated heterocycles. The Morgan fingerprint density at radius 2 is 0.894 bits per heavy atom. The van der Waals surface area contributed by atoms with E-state index in [0.717, 1.165) is 161 Å². The SMILES string of the molecule is C.COC[C@]12CC[C@@](C)(O)C[C@H]1CC[C@H]1[C@@H]3CC[C@H](C(=O)CBr)[C@@]3(C)CC[C@@H]12.COC[C@]12CC[C@@](C)(O)C[C@H]1CC[C@H]1[C@@H]3CC[C@H](C(=O)Cn4nc5ccccc5n4)[C@@]3(C)CC[C@@H]12.COC[C@]12CC[C@@](C)(O)C[C@H]1CC[C@H]1[C@@H]3CC[C@H](C(=O)Cn4nnc5ccccc54)[C@@]3(C)CC[C@@H]12.O=CO[O-].[H-].[K+].[K+].c1ccc2[nH]ncc2c1. The van der Waals surface area contributed by atoms with Crippen molar-refractivity contribution in [3.05, 3.63) is 79.0 Å². The smallest absolute Gasteiger partial charge is 1.00 e. The van der Waals surface area contributed by atoms with Gasteiger partial charge in [0.2, 0.25) is 0 Å². The van der Waals surface area contributed by atoms with Gasteiger partial charge in [-0.05, 0) is 328 Å². The van der Waals surface area contributed by atoms with Gasteiger partial charge in [-0.2, -0.15) is 20.1 Å². The number of nitrogens with zero attached hydrogens (tertiary/aromatic N) is 7. The summed E-state index contributed by atoms with van der Waals surface area (Å²) < 4.78 is 19.4. The Labute approximate surface area is 766 Å². The quantitative estimate of drug-likeness (QED) is 0.0245. The Balaban J connectivity index is 0.000000165. The van der Waals surface area contributed by atoms with Gasteiger partial charge in [-0.3, -0.25) is 24.3 Å². The molecular weight excluding hydrogens is 1540 g/mol. The number of carbonyl (C=O) groups is 4. The molecule has 4 N–H and O–H groups in total. The zero-order valence-corrected chi connectivity index (χ0v) is 76.9. The summed E-state index contributed by atoms with van der Waals surface area (Å²) in [4.78, 5) is 52.8. The molecule has 0 amide bonds. The van der Waals surface area contributed by atoms with Crippen molar-refractivity contribution in [2.75, 3.05) is 46.5 Å². The molecule has 24 atom stereocenters. The minimum atomic E-state index is -0.534. The van der Waals surface area contributed by atoms with E-state index in [2.05, 4.69) is 72.3 Å². The molecule has 18 rings (SSSR count). The predicted octanol–water partition coefficient (Wildman–Crippen LogP) is 9.81. The average Bonchev–Trinajstić information content (AvgIpc) is 1.35. The summed E-state index contributed by atoms with van der Waals surface area (Å²) in [5, 5.41) is 67.0. The second-order valence-corrected chi connectivity index (χ2v) is 39.3. The number of aliphatic hydroxyl groups is 3. The molecule has 3 heterocycles. The third kappa shape index (κ3) is 17.7. The van der Waals surface area contributed by atoms with E-state index in [4.69, 9.17) is 24.3 Å². The zero-order chi connectivity index (χ0) is 77.8. The Kier molecular flexibility index (Phi) is 30.2. The number of Topliss-reactive ketones (excluding diaryl/α,β-unsaturated/α-hetero) is 3. The molecule has 20 nitrogen and oxygen atoms in total. The normalized spacial score (nSPS) is 40.0. The van der Waals surface area contributed by atoms with E-state index in [-0.39, 0.29) is 175 Å². The van der Waals surface area contributed by atoms with E-state index in [0.29, 0.717) is 94.3 Å². The molecule has 0 aliphatic heterocycles. The number of carbonyl (C=O) groups excluding carboxylic acids is 4. The first kappa shape index (κ1) is 91.6. The first-order chi connectivity index (χ1) is 52.7. The molecular formula is C90H131BrK2N8O12. The fourth-order valence-electron chi connectivity index (χ4n) is 28.4. The van der Waals surface area contributed by atoms with Gasteiger partial charge < -0.3 is 41.1 Å². The number of hydrogen-bond acceptors (Lipinski definition) is 17. The van der Waals surface area contributed by atoms with Gasteiger partial charge in [-0.25, -0.2) is 4.68 Å². The Bertz CT molecular complexity index is 4150. The number of aromatic amines is 1. The molecule has 6 aromatic rings. The van der Waals surface area contributed by atoms with Gasteiger partial charge in [-0.15, -0.1) is 5.10 Å². The fourth-order valence-corrected chi connectivity index (χ4v) is 28.8. The number of fused-ring (bicyclic) bond motifs is 18. The number of ether oxygens (including phenoxy) is 3. The Morgan fingerprint density at radius 1 is 0.513 bits per heavy atom. The van der Waals surface area contributed by atoms with Crippen molar-refractivity contribution in [3.8, 4) is 0 Å². The molecule has 113 heavy (non-hydrogen) atoms. The molecule has 0 bridgehead atoms. The van der Waals surface area contributed by atoms with Crippen molar-refractivity contribution >= 4 is 72.7 Å². The zero-order valence-electron chi connectivity index (χ0n) is 70.1.